The van der Waals surface area contributed by atoms with Crippen LogP contribution in [0.5, 0.6) is 5.75 Å². The van der Waals surface area contributed by atoms with Crippen LogP contribution < -0.4 is 10.9 Å². The van der Waals surface area contributed by atoms with Gasteiger partial charge in [-0.25, -0.2) is 9.67 Å². The van der Waals surface area contributed by atoms with Gasteiger partial charge in [0, 0.05) is 17.8 Å². The molecule has 0 fully saturated rings. The molecule has 10 heteroatoms. The fraction of sp³-hybridized carbons (Fsp3) is 0.0588. The number of aromatic hydroxyl groups is 1. The van der Waals surface area contributed by atoms with Gasteiger partial charge in [-0.2, -0.15) is 5.10 Å². The summed E-state index contributed by atoms with van der Waals surface area (Å²) in [6.45, 7) is 0. The molecule has 0 saturated carbocycles. The van der Waals surface area contributed by atoms with Gasteiger partial charge < -0.3 is 5.11 Å². The molecule has 3 N–H and O–H groups in total. The summed E-state index contributed by atoms with van der Waals surface area (Å²) < 4.78 is 3.20. The van der Waals surface area contributed by atoms with Crippen molar-refractivity contribution in [2.75, 3.05) is 0 Å². The number of nitrogens with zero attached hydrogens (tertiary/aromatic N) is 4. The number of fused-ring (bicyclic) bond motifs is 1. The number of carbonyl (C=O) groups is 2. The maximum absolute atomic E-state index is 12.2. The van der Waals surface area contributed by atoms with Crippen LogP contribution in [0.1, 0.15) is 16.2 Å². The van der Waals surface area contributed by atoms with E-state index in [1.54, 1.807) is 18.3 Å². The number of amides is 2. The van der Waals surface area contributed by atoms with Crippen molar-refractivity contribution in [3.8, 4) is 11.4 Å². The highest BCUT2D eigenvalue weighted by Gasteiger charge is 2.18. The van der Waals surface area contributed by atoms with Crippen LogP contribution in [0.3, 0.4) is 0 Å². The van der Waals surface area contributed by atoms with E-state index in [4.69, 9.17) is 0 Å². The smallest absolute Gasteiger partial charge is 0.294 e. The summed E-state index contributed by atoms with van der Waals surface area (Å²) in [5.74, 6) is -1.45. The van der Waals surface area contributed by atoms with Gasteiger partial charge in [0.05, 0.1) is 24.0 Å². The van der Waals surface area contributed by atoms with E-state index in [1.807, 2.05) is 34.2 Å². The van der Waals surface area contributed by atoms with Crippen molar-refractivity contribution in [1.82, 2.24) is 30.0 Å². The van der Waals surface area contributed by atoms with Gasteiger partial charge in [-0.15, -0.1) is 11.3 Å². The Balaban J connectivity index is 1.38. The molecule has 4 aromatic rings. The second kappa shape index (κ2) is 6.92. The number of imidazole rings is 1. The van der Waals surface area contributed by atoms with Gasteiger partial charge in [0.15, 0.2) is 16.4 Å². The van der Waals surface area contributed by atoms with Crippen molar-refractivity contribution in [2.24, 2.45) is 0 Å². The fourth-order valence-electron chi connectivity index (χ4n) is 2.50. The standard InChI is InChI=1S/C17H14N6O3S/c24-13-10-23(12-4-2-1-3-5-12)21-15(13)16(26)20-19-14(25)8-11-9-22-6-7-27-17(22)18-11/h1-7,9-10,24H,8H2,(H,19,25)(H,20,26). The number of aromatic nitrogens is 4. The lowest BCUT2D eigenvalue weighted by Crippen LogP contribution is -2.42. The first-order valence-electron chi connectivity index (χ1n) is 7.94. The summed E-state index contributed by atoms with van der Waals surface area (Å²) in [4.78, 5) is 29.3. The molecule has 0 saturated heterocycles. The first-order valence-corrected chi connectivity index (χ1v) is 8.82. The Morgan fingerprint density at radius 1 is 1.15 bits per heavy atom. The molecule has 27 heavy (non-hydrogen) atoms. The van der Waals surface area contributed by atoms with Crippen LogP contribution in [0, 0.1) is 0 Å². The minimum absolute atomic E-state index is 0.0130. The van der Waals surface area contributed by atoms with Crippen molar-refractivity contribution in [1.29, 1.82) is 0 Å². The number of hydrogen-bond donors (Lipinski definition) is 3. The number of benzene rings is 1. The van der Waals surface area contributed by atoms with E-state index < -0.39 is 11.8 Å². The first-order chi connectivity index (χ1) is 13.1. The summed E-state index contributed by atoms with van der Waals surface area (Å²) in [7, 11) is 0. The summed E-state index contributed by atoms with van der Waals surface area (Å²) >= 11 is 1.46. The molecule has 3 aromatic heterocycles. The van der Waals surface area contributed by atoms with Crippen molar-refractivity contribution in [3.05, 3.63) is 65.7 Å². The minimum atomic E-state index is -0.721. The number of carbonyl (C=O) groups excluding carboxylic acids is 2. The Bertz CT molecular complexity index is 1090. The third-order valence-corrected chi connectivity index (χ3v) is 4.50. The normalized spacial score (nSPS) is 10.8. The van der Waals surface area contributed by atoms with Crippen LogP contribution in [-0.4, -0.2) is 36.1 Å². The molecule has 2 amide bonds. The molecule has 0 unspecified atom stereocenters. The van der Waals surface area contributed by atoms with Crippen LogP contribution in [0.2, 0.25) is 0 Å². The Morgan fingerprint density at radius 2 is 1.96 bits per heavy atom. The summed E-state index contributed by atoms with van der Waals surface area (Å²) in [5.41, 5.74) is 5.63. The fourth-order valence-corrected chi connectivity index (χ4v) is 3.21. The molecule has 0 aliphatic rings. The number of hydrazine groups is 1. The molecule has 0 aliphatic carbocycles. The molecule has 3 heterocycles. The Morgan fingerprint density at radius 3 is 2.74 bits per heavy atom. The molecular weight excluding hydrogens is 368 g/mol. The average molecular weight is 382 g/mol. The molecule has 4 rings (SSSR count). The largest absolute Gasteiger partial charge is 0.504 e. The predicted molar refractivity (Wildman–Crippen MR) is 97.6 cm³/mol. The summed E-state index contributed by atoms with van der Waals surface area (Å²) in [6.07, 6.45) is 4.94. The van der Waals surface area contributed by atoms with E-state index >= 15 is 0 Å². The maximum atomic E-state index is 12.2. The lowest BCUT2D eigenvalue weighted by Gasteiger charge is -2.05. The van der Waals surface area contributed by atoms with E-state index in [0.717, 1.165) is 4.96 Å². The third-order valence-electron chi connectivity index (χ3n) is 3.73. The molecular formula is C17H14N6O3S. The molecule has 1 aromatic carbocycles. The Labute approximate surface area is 156 Å². The van der Waals surface area contributed by atoms with Gasteiger partial charge in [0.2, 0.25) is 5.91 Å². The van der Waals surface area contributed by atoms with E-state index in [2.05, 4.69) is 20.9 Å². The Kier molecular flexibility index (Phi) is 4.30. The lowest BCUT2D eigenvalue weighted by molar-refractivity contribution is -0.121. The van der Waals surface area contributed by atoms with Crippen LogP contribution >= 0.6 is 11.3 Å². The SMILES string of the molecule is O=C(Cc1cn2ccsc2n1)NNC(=O)c1nn(-c2ccccc2)cc1O. The molecule has 0 atom stereocenters. The molecule has 0 bridgehead atoms. The monoisotopic (exact) mass is 382 g/mol. The zero-order valence-electron chi connectivity index (χ0n) is 13.9. The van der Waals surface area contributed by atoms with Crippen LogP contribution in [0.4, 0.5) is 0 Å². The molecule has 0 aliphatic heterocycles. The number of para-hydroxylation sites is 1. The zero-order chi connectivity index (χ0) is 18.8. The van der Waals surface area contributed by atoms with Crippen LogP contribution in [0.15, 0.2) is 54.3 Å². The average Bonchev–Trinajstić information content (AvgIpc) is 3.35. The van der Waals surface area contributed by atoms with E-state index in [0.29, 0.717) is 11.4 Å². The Hall–Kier alpha value is -3.66. The highest BCUT2D eigenvalue weighted by atomic mass is 32.1. The highest BCUT2D eigenvalue weighted by Crippen LogP contribution is 2.17. The van der Waals surface area contributed by atoms with Gasteiger partial charge >= 0.3 is 0 Å². The molecule has 136 valence electrons. The van der Waals surface area contributed by atoms with Crippen molar-refractivity contribution in [3.63, 3.8) is 0 Å². The zero-order valence-corrected chi connectivity index (χ0v) is 14.7. The van der Waals surface area contributed by atoms with Gasteiger partial charge in [-0.05, 0) is 12.1 Å². The number of hydrogen-bond acceptors (Lipinski definition) is 6. The van der Waals surface area contributed by atoms with Crippen molar-refractivity contribution in [2.45, 2.75) is 6.42 Å². The van der Waals surface area contributed by atoms with E-state index in [9.17, 15) is 14.7 Å². The van der Waals surface area contributed by atoms with Gasteiger partial charge in [0.25, 0.3) is 5.91 Å². The highest BCUT2D eigenvalue weighted by molar-refractivity contribution is 7.15. The minimum Gasteiger partial charge on any atom is -0.504 e. The number of rotatable bonds is 4. The second-order valence-electron chi connectivity index (χ2n) is 5.65. The van der Waals surface area contributed by atoms with Crippen molar-refractivity contribution < 1.29 is 14.7 Å². The van der Waals surface area contributed by atoms with Crippen LogP contribution in [-0.2, 0) is 11.2 Å². The topological polar surface area (TPSA) is 114 Å². The summed E-state index contributed by atoms with van der Waals surface area (Å²) in [6, 6.07) is 9.04. The third kappa shape index (κ3) is 3.51. The predicted octanol–water partition coefficient (Wildman–Crippen LogP) is 1.29. The van der Waals surface area contributed by atoms with Gasteiger partial charge in [-0.3, -0.25) is 24.8 Å². The van der Waals surface area contributed by atoms with E-state index in [-0.39, 0.29) is 17.9 Å². The molecule has 0 spiro atoms. The van der Waals surface area contributed by atoms with Gasteiger partial charge in [-0.1, -0.05) is 18.2 Å². The second-order valence-corrected chi connectivity index (χ2v) is 6.52. The molecule has 9 nitrogen and oxygen atoms in total. The maximum Gasteiger partial charge on any atom is 0.294 e. The number of thiazole rings is 1. The van der Waals surface area contributed by atoms with Crippen molar-refractivity contribution >= 4 is 28.1 Å². The first kappa shape index (κ1) is 16.8. The van der Waals surface area contributed by atoms with Crippen LogP contribution in [0.25, 0.3) is 10.6 Å². The van der Waals surface area contributed by atoms with Gasteiger partial charge in [0.1, 0.15) is 0 Å². The van der Waals surface area contributed by atoms with E-state index in [1.165, 1.54) is 22.2 Å². The molecule has 0 radical (unpaired) electrons. The number of nitrogens with one attached hydrogen (secondary N) is 2. The lowest BCUT2D eigenvalue weighted by atomic mass is 10.3. The quantitative estimate of drug-likeness (QED) is 0.460. The summed E-state index contributed by atoms with van der Waals surface area (Å²) in [5, 5.41) is 15.9.